The fourth-order valence-electron chi connectivity index (χ4n) is 0.0248. The van der Waals surface area contributed by atoms with Crippen LogP contribution in [0, 0.1) is 0 Å². The molecule has 5 heavy (non-hydrogen) atoms. The summed E-state index contributed by atoms with van der Waals surface area (Å²) in [6.07, 6.45) is 0. The molecule has 0 unspecified atom stereocenters. The van der Waals surface area contributed by atoms with E-state index in [2.05, 4.69) is 9.78 Å². The minimum atomic E-state index is -0.917. The smallest absolute Gasteiger partial charge is 1.00 e. The second kappa shape index (κ2) is 2.12. The standard InChI is InChI=1S/CH2O3.Na.H/c2-1-3-4-1;;/h1-2H;;/q;+1;-1. The predicted molar refractivity (Wildman–Crippen MR) is 9.29 cm³/mol. The van der Waals surface area contributed by atoms with Gasteiger partial charge in [-0.2, -0.15) is 9.78 Å². The van der Waals surface area contributed by atoms with Crippen LogP contribution < -0.4 is 29.6 Å². The van der Waals surface area contributed by atoms with Gasteiger partial charge in [-0.05, 0) is 0 Å². The number of hydrogen-bond donors (Lipinski definition) is 1. The van der Waals surface area contributed by atoms with Crippen LogP contribution >= 0.6 is 0 Å². The first-order chi connectivity index (χ1) is 1.89. The molecule has 1 aliphatic heterocycles. The normalized spacial score (nSPS) is 21.0. The first-order valence-electron chi connectivity index (χ1n) is 0.896. The summed E-state index contributed by atoms with van der Waals surface area (Å²) in [7, 11) is 0. The second-order valence-corrected chi connectivity index (χ2v) is 0.499. The van der Waals surface area contributed by atoms with Crippen LogP contribution in [0.5, 0.6) is 0 Å². The van der Waals surface area contributed by atoms with Gasteiger partial charge in [0.15, 0.2) is 0 Å². The van der Waals surface area contributed by atoms with E-state index in [1.165, 1.54) is 0 Å². The molecule has 26 valence electrons. The Hall–Kier alpha value is 0.880. The van der Waals surface area contributed by atoms with Gasteiger partial charge in [0.2, 0.25) is 0 Å². The van der Waals surface area contributed by atoms with Crippen LogP contribution in [0.4, 0.5) is 0 Å². The third kappa shape index (κ3) is 2.69. The Kier molecular flexibility index (Phi) is 2.50. The van der Waals surface area contributed by atoms with E-state index >= 15 is 0 Å². The van der Waals surface area contributed by atoms with Gasteiger partial charge in [-0.1, -0.05) is 0 Å². The number of aliphatic hydroxyl groups is 1. The van der Waals surface area contributed by atoms with Crippen molar-refractivity contribution in [1.82, 2.24) is 0 Å². The fourth-order valence-corrected chi connectivity index (χ4v) is 0.0248. The molecule has 3 nitrogen and oxygen atoms in total. The molecule has 1 fully saturated rings. The molecule has 1 aliphatic rings. The van der Waals surface area contributed by atoms with Gasteiger partial charge >= 0.3 is 36.0 Å². The molecular weight excluding hydrogens is 83.0 g/mol. The van der Waals surface area contributed by atoms with Crippen LogP contribution in [0.1, 0.15) is 1.43 Å². The zero-order chi connectivity index (χ0) is 2.99. The van der Waals surface area contributed by atoms with E-state index in [9.17, 15) is 0 Å². The van der Waals surface area contributed by atoms with Gasteiger partial charge in [0.1, 0.15) is 0 Å². The van der Waals surface area contributed by atoms with Crippen molar-refractivity contribution < 1.29 is 45.9 Å². The van der Waals surface area contributed by atoms with Crippen molar-refractivity contribution in [3.8, 4) is 0 Å². The second-order valence-electron chi connectivity index (χ2n) is 0.499. The zero-order valence-electron chi connectivity index (χ0n) is 3.84. The molecule has 0 bridgehead atoms. The van der Waals surface area contributed by atoms with Gasteiger partial charge in [0.25, 0.3) is 0 Å². The van der Waals surface area contributed by atoms with E-state index < -0.39 is 6.48 Å². The number of aliphatic hydroxyl groups excluding tert-OH is 1. The third-order valence-electron chi connectivity index (χ3n) is 0.182. The van der Waals surface area contributed by atoms with Gasteiger partial charge in [-0.3, -0.25) is 0 Å². The summed E-state index contributed by atoms with van der Waals surface area (Å²) < 4.78 is 0. The molecule has 0 spiro atoms. The van der Waals surface area contributed by atoms with E-state index in [0.717, 1.165) is 0 Å². The topological polar surface area (TPSA) is 45.3 Å². The summed E-state index contributed by atoms with van der Waals surface area (Å²) in [5.41, 5.74) is 0. The molecule has 0 radical (unpaired) electrons. The van der Waals surface area contributed by atoms with E-state index in [0.29, 0.717) is 0 Å². The Labute approximate surface area is 52.6 Å². The van der Waals surface area contributed by atoms with Gasteiger partial charge in [-0.25, -0.2) is 0 Å². The largest absolute Gasteiger partial charge is 1.00 e. The molecule has 1 N–H and O–H groups in total. The fraction of sp³-hybridized carbons (Fsp3) is 1.00. The molecular formula is CH3NaO3. The maximum Gasteiger partial charge on any atom is 1.00 e. The van der Waals surface area contributed by atoms with Gasteiger partial charge in [0, 0.05) is 0 Å². The monoisotopic (exact) mass is 86.0 g/mol. The zero-order valence-corrected chi connectivity index (χ0v) is 4.84. The Morgan fingerprint density at radius 3 is 1.80 bits per heavy atom. The van der Waals surface area contributed by atoms with Crippen LogP contribution in [-0.4, -0.2) is 11.6 Å². The van der Waals surface area contributed by atoms with Gasteiger partial charge < -0.3 is 6.53 Å². The summed E-state index contributed by atoms with van der Waals surface area (Å²) in [5.74, 6) is 0. The third-order valence-corrected chi connectivity index (χ3v) is 0.182. The van der Waals surface area contributed by atoms with Crippen LogP contribution in [0.3, 0.4) is 0 Å². The maximum atomic E-state index is 7.72. The summed E-state index contributed by atoms with van der Waals surface area (Å²) >= 11 is 0. The SMILES string of the molecule is OC1OO1.[H-].[Na+]. The van der Waals surface area contributed by atoms with Gasteiger partial charge in [-0.15, -0.1) is 0 Å². The van der Waals surface area contributed by atoms with Gasteiger partial charge in [0.05, 0.1) is 0 Å². The summed E-state index contributed by atoms with van der Waals surface area (Å²) in [6, 6.07) is 0. The van der Waals surface area contributed by atoms with Crippen molar-refractivity contribution >= 4 is 0 Å². The summed E-state index contributed by atoms with van der Waals surface area (Å²) in [6.45, 7) is -0.917. The van der Waals surface area contributed by atoms with Crippen LogP contribution in [0.2, 0.25) is 0 Å². The van der Waals surface area contributed by atoms with Crippen molar-refractivity contribution in [2.45, 2.75) is 6.48 Å². The first-order valence-corrected chi connectivity index (χ1v) is 0.896. The van der Waals surface area contributed by atoms with Crippen molar-refractivity contribution in [1.29, 1.82) is 0 Å². The maximum absolute atomic E-state index is 7.72. The van der Waals surface area contributed by atoms with E-state index in [1.54, 1.807) is 0 Å². The molecule has 0 aliphatic carbocycles. The number of hydrogen-bond acceptors (Lipinski definition) is 3. The quantitative estimate of drug-likeness (QED) is 0.188. The average Bonchev–Trinajstić information content (AvgIpc) is 1.75. The Bertz CT molecular complexity index is 30.0. The Balaban J connectivity index is 0. The molecule has 0 saturated carbocycles. The van der Waals surface area contributed by atoms with Crippen molar-refractivity contribution in [2.24, 2.45) is 0 Å². The van der Waals surface area contributed by atoms with E-state index in [4.69, 9.17) is 5.11 Å². The molecule has 0 aromatic carbocycles. The molecule has 1 saturated heterocycles. The Morgan fingerprint density at radius 1 is 1.60 bits per heavy atom. The summed E-state index contributed by atoms with van der Waals surface area (Å²) in [5, 5.41) is 7.72. The first kappa shape index (κ1) is 5.88. The molecule has 0 aromatic heterocycles. The van der Waals surface area contributed by atoms with Crippen molar-refractivity contribution in [2.75, 3.05) is 0 Å². The van der Waals surface area contributed by atoms with Crippen molar-refractivity contribution in [3.05, 3.63) is 0 Å². The average molecular weight is 86.0 g/mol. The van der Waals surface area contributed by atoms with Crippen LogP contribution in [-0.2, 0) is 9.78 Å². The van der Waals surface area contributed by atoms with Crippen LogP contribution in [0.25, 0.3) is 0 Å². The minimum Gasteiger partial charge on any atom is -1.00 e. The van der Waals surface area contributed by atoms with Crippen LogP contribution in [0.15, 0.2) is 0 Å². The summed E-state index contributed by atoms with van der Waals surface area (Å²) in [4.78, 5) is 7.53. The minimum absolute atomic E-state index is 0. The van der Waals surface area contributed by atoms with Crippen molar-refractivity contribution in [3.63, 3.8) is 0 Å². The predicted octanol–water partition coefficient (Wildman–Crippen LogP) is -3.66. The molecule has 4 heteroatoms. The van der Waals surface area contributed by atoms with E-state index in [1.807, 2.05) is 0 Å². The number of rotatable bonds is 0. The molecule has 0 amide bonds. The molecule has 0 atom stereocenters. The molecule has 0 aromatic rings. The Morgan fingerprint density at radius 2 is 1.80 bits per heavy atom. The molecule has 1 rings (SSSR count). The molecule has 1 heterocycles. The van der Waals surface area contributed by atoms with E-state index in [-0.39, 0.29) is 31.0 Å².